The molecule has 1 unspecified atom stereocenters. The predicted molar refractivity (Wildman–Crippen MR) is 173 cm³/mol. The first-order chi connectivity index (χ1) is 21.8. The van der Waals surface area contributed by atoms with Crippen molar-refractivity contribution in [3.63, 3.8) is 0 Å². The quantitative estimate of drug-likeness (QED) is 0.365. The van der Waals surface area contributed by atoms with E-state index in [1.165, 1.54) is 19.3 Å². The fraction of sp³-hybridized carbons (Fsp3) is 0.594. The van der Waals surface area contributed by atoms with Crippen molar-refractivity contribution in [2.75, 3.05) is 61.4 Å². The predicted octanol–water partition coefficient (Wildman–Crippen LogP) is 2.64. The van der Waals surface area contributed by atoms with Gasteiger partial charge >= 0.3 is 6.03 Å². The van der Waals surface area contributed by atoms with Crippen molar-refractivity contribution in [3.05, 3.63) is 35.5 Å². The largest absolute Gasteiger partial charge is 0.394 e. The number of carbonyl (C=O) groups excluding carboxylic acids is 3. The first kappa shape index (κ1) is 30.9. The second-order valence-corrected chi connectivity index (χ2v) is 12.8. The monoisotopic (exact) mass is 618 g/mol. The molecule has 2 aromatic rings. The molecule has 4 aliphatic rings. The maximum absolute atomic E-state index is 14.0. The summed E-state index contributed by atoms with van der Waals surface area (Å²) in [7, 11) is 0. The molecule has 242 valence electrons. The molecular formula is C32H46N10O3. The van der Waals surface area contributed by atoms with Gasteiger partial charge in [-0.15, -0.1) is 0 Å². The molecule has 1 aromatic heterocycles. The van der Waals surface area contributed by atoms with Crippen LogP contribution in [0.15, 0.2) is 24.3 Å². The topological polar surface area (TPSA) is 166 Å². The highest BCUT2D eigenvalue weighted by Gasteiger charge is 2.36. The molecule has 5 heterocycles. The summed E-state index contributed by atoms with van der Waals surface area (Å²) in [5, 5.41) is 6.13. The zero-order chi connectivity index (χ0) is 31.5. The number of carbonyl (C=O) groups is 3. The third-order valence-corrected chi connectivity index (χ3v) is 9.95. The third-order valence-electron chi connectivity index (χ3n) is 9.95. The number of aryl methyl sites for hydroxylation is 1. The molecule has 1 atom stereocenters. The Balaban J connectivity index is 1.09. The van der Waals surface area contributed by atoms with E-state index in [-0.39, 0.29) is 42.1 Å². The highest BCUT2D eigenvalue weighted by atomic mass is 16.2. The van der Waals surface area contributed by atoms with Crippen LogP contribution in [0.3, 0.4) is 0 Å². The molecule has 0 bridgehead atoms. The minimum Gasteiger partial charge on any atom is -0.394 e. The van der Waals surface area contributed by atoms with Gasteiger partial charge in [0.05, 0.1) is 17.8 Å². The summed E-state index contributed by atoms with van der Waals surface area (Å²) < 4.78 is 0. The fourth-order valence-electron chi connectivity index (χ4n) is 7.23. The first-order valence-corrected chi connectivity index (χ1v) is 16.4. The lowest BCUT2D eigenvalue weighted by Gasteiger charge is -2.41. The zero-order valence-electron chi connectivity index (χ0n) is 26.2. The maximum Gasteiger partial charge on any atom is 0.322 e. The number of anilines is 4. The van der Waals surface area contributed by atoms with Gasteiger partial charge in [0.25, 0.3) is 0 Å². The number of aromatic nitrogens is 2. The molecule has 4 amide bonds. The Morgan fingerprint density at radius 3 is 2.31 bits per heavy atom. The molecule has 45 heavy (non-hydrogen) atoms. The van der Waals surface area contributed by atoms with Crippen LogP contribution in [-0.4, -0.2) is 105 Å². The summed E-state index contributed by atoms with van der Waals surface area (Å²) in [6.07, 6.45) is 6.97. The average molecular weight is 619 g/mol. The number of para-hydroxylation sites is 1. The van der Waals surface area contributed by atoms with E-state index in [9.17, 15) is 14.4 Å². The molecule has 6 N–H and O–H groups in total. The van der Waals surface area contributed by atoms with Gasteiger partial charge in [-0.2, -0.15) is 4.98 Å². The van der Waals surface area contributed by atoms with E-state index in [0.717, 1.165) is 37.2 Å². The maximum atomic E-state index is 14.0. The number of nitrogen functional groups attached to an aromatic ring is 2. The molecule has 1 aromatic carbocycles. The molecule has 3 saturated heterocycles. The van der Waals surface area contributed by atoms with Crippen LogP contribution in [0.4, 0.5) is 27.9 Å². The van der Waals surface area contributed by atoms with Crippen LogP contribution < -0.4 is 22.1 Å². The second kappa shape index (κ2) is 13.5. The Bertz CT molecular complexity index is 1370. The van der Waals surface area contributed by atoms with Crippen molar-refractivity contribution in [1.82, 2.24) is 29.6 Å². The van der Waals surface area contributed by atoms with Gasteiger partial charge in [-0.25, -0.2) is 9.78 Å². The number of nitrogens with one attached hydrogen (secondary N) is 2. The molecule has 3 fully saturated rings. The number of benzene rings is 1. The highest BCUT2D eigenvalue weighted by molar-refractivity contribution is 5.93. The highest BCUT2D eigenvalue weighted by Crippen LogP contribution is 2.28. The lowest BCUT2D eigenvalue weighted by Crippen LogP contribution is -2.53. The second-order valence-electron chi connectivity index (χ2n) is 12.8. The molecule has 13 heteroatoms. The molecule has 13 nitrogen and oxygen atoms in total. The fourth-order valence-corrected chi connectivity index (χ4v) is 7.23. The number of hydrogen-bond donors (Lipinski definition) is 4. The van der Waals surface area contributed by atoms with Crippen molar-refractivity contribution in [2.45, 2.75) is 83.0 Å². The molecular weight excluding hydrogens is 572 g/mol. The van der Waals surface area contributed by atoms with Gasteiger partial charge in [0.1, 0.15) is 6.04 Å². The number of rotatable bonds is 7. The Labute approximate surface area is 264 Å². The molecule has 4 aliphatic heterocycles. The molecule has 0 aliphatic carbocycles. The zero-order valence-corrected chi connectivity index (χ0v) is 26.2. The normalized spacial score (nSPS) is 20.8. The number of piperidine rings is 3. The molecule has 0 saturated carbocycles. The van der Waals surface area contributed by atoms with E-state index in [2.05, 4.69) is 25.5 Å². The molecule has 0 spiro atoms. The lowest BCUT2D eigenvalue weighted by atomic mass is 9.98. The van der Waals surface area contributed by atoms with Gasteiger partial charge in [-0.3, -0.25) is 9.59 Å². The van der Waals surface area contributed by atoms with Crippen LogP contribution in [0.5, 0.6) is 0 Å². The van der Waals surface area contributed by atoms with Gasteiger partial charge in [0.2, 0.25) is 17.8 Å². The van der Waals surface area contributed by atoms with Crippen molar-refractivity contribution in [2.24, 2.45) is 0 Å². The summed E-state index contributed by atoms with van der Waals surface area (Å²) in [5.74, 6) is 0.0756. The summed E-state index contributed by atoms with van der Waals surface area (Å²) in [6, 6.07) is 7.43. The van der Waals surface area contributed by atoms with E-state index in [4.69, 9.17) is 11.5 Å². The third kappa shape index (κ3) is 6.92. The van der Waals surface area contributed by atoms with Gasteiger partial charge in [0.15, 0.2) is 5.82 Å². The summed E-state index contributed by atoms with van der Waals surface area (Å²) in [6.45, 7) is 6.91. The van der Waals surface area contributed by atoms with Crippen LogP contribution in [0.2, 0.25) is 0 Å². The molecule has 0 radical (unpaired) electrons. The minimum absolute atomic E-state index is 0.0280. The molecule has 6 rings (SSSR count). The SMILES string of the molecule is Cc1nc(NC(CC(=O)N2CCC(N3Cc4ccccc4NC3=O)CC2)C(=O)N2CCC(N3CCCCC3)CC2)nc(N)c1N. The van der Waals surface area contributed by atoms with Crippen molar-refractivity contribution >= 4 is 41.0 Å². The number of likely N-dealkylation sites (tertiary alicyclic amines) is 3. The standard InChI is InChI=1S/C32H46N10O3/c1-21-28(33)29(34)38-31(35-21)36-26(30(44)41-17-9-23(10-18-41)39-13-5-2-6-14-39)19-27(43)40-15-11-24(12-16-40)42-20-22-7-3-4-8-25(22)37-32(42)45/h3-4,7-8,23-24,26H,2,5-6,9-20,33H2,1H3,(H,37,45)(H3,34,35,36,38). The summed E-state index contributed by atoms with van der Waals surface area (Å²) in [5.41, 5.74) is 14.7. The van der Waals surface area contributed by atoms with Crippen molar-refractivity contribution < 1.29 is 14.4 Å². The number of fused-ring (bicyclic) bond motifs is 1. The van der Waals surface area contributed by atoms with Crippen LogP contribution in [0.25, 0.3) is 0 Å². The van der Waals surface area contributed by atoms with Gasteiger partial charge in [-0.05, 0) is 70.2 Å². The van der Waals surface area contributed by atoms with Gasteiger partial charge in [0, 0.05) is 50.5 Å². The summed E-state index contributed by atoms with van der Waals surface area (Å²) >= 11 is 0. The summed E-state index contributed by atoms with van der Waals surface area (Å²) in [4.78, 5) is 57.3. The lowest BCUT2D eigenvalue weighted by molar-refractivity contribution is -0.139. The number of nitrogens with zero attached hydrogens (tertiary/aromatic N) is 6. The Morgan fingerprint density at radius 1 is 0.933 bits per heavy atom. The van der Waals surface area contributed by atoms with E-state index in [0.29, 0.717) is 63.0 Å². The number of hydrogen-bond acceptors (Lipinski definition) is 9. The Morgan fingerprint density at radius 2 is 1.60 bits per heavy atom. The van der Waals surface area contributed by atoms with Crippen LogP contribution in [0, 0.1) is 6.92 Å². The van der Waals surface area contributed by atoms with Crippen molar-refractivity contribution in [1.29, 1.82) is 0 Å². The van der Waals surface area contributed by atoms with E-state index >= 15 is 0 Å². The van der Waals surface area contributed by atoms with Crippen LogP contribution >= 0.6 is 0 Å². The Kier molecular flexibility index (Phi) is 9.24. The minimum atomic E-state index is -0.839. The van der Waals surface area contributed by atoms with E-state index in [1.807, 2.05) is 34.1 Å². The average Bonchev–Trinajstić information content (AvgIpc) is 3.06. The van der Waals surface area contributed by atoms with Crippen molar-refractivity contribution in [3.8, 4) is 0 Å². The Hall–Kier alpha value is -4.13. The van der Waals surface area contributed by atoms with Gasteiger partial charge < -0.3 is 41.7 Å². The number of urea groups is 1. The van der Waals surface area contributed by atoms with Crippen LogP contribution in [0.1, 0.15) is 62.6 Å². The number of nitrogens with two attached hydrogens (primary N) is 2. The first-order valence-electron chi connectivity index (χ1n) is 16.4. The smallest absolute Gasteiger partial charge is 0.322 e. The van der Waals surface area contributed by atoms with E-state index < -0.39 is 6.04 Å². The van der Waals surface area contributed by atoms with E-state index in [1.54, 1.807) is 11.8 Å². The van der Waals surface area contributed by atoms with Crippen LogP contribution in [-0.2, 0) is 16.1 Å². The van der Waals surface area contributed by atoms with Gasteiger partial charge in [-0.1, -0.05) is 24.6 Å². The number of amides is 4.